The van der Waals surface area contributed by atoms with Gasteiger partial charge in [0.15, 0.2) is 0 Å². The van der Waals surface area contributed by atoms with Gasteiger partial charge in [-0.2, -0.15) is 0 Å². The molecule has 0 aliphatic carbocycles. The molecule has 0 spiro atoms. The molecule has 2 aromatic rings. The SMILES string of the molecule is CNC(C)c1nnc(N(C)C(C)c2ccccc2Cl)o1. The van der Waals surface area contributed by atoms with Crippen LogP contribution in [0, 0.1) is 0 Å². The fourth-order valence-electron chi connectivity index (χ4n) is 1.86. The first-order valence-electron chi connectivity index (χ1n) is 6.52. The van der Waals surface area contributed by atoms with Crippen LogP contribution in [0.15, 0.2) is 28.7 Å². The van der Waals surface area contributed by atoms with Gasteiger partial charge in [-0.1, -0.05) is 34.9 Å². The van der Waals surface area contributed by atoms with Crippen LogP contribution < -0.4 is 10.2 Å². The Balaban J connectivity index is 2.21. The average Bonchev–Trinajstić information content (AvgIpc) is 2.95. The molecule has 0 aliphatic rings. The maximum Gasteiger partial charge on any atom is 0.318 e. The van der Waals surface area contributed by atoms with Crippen molar-refractivity contribution in [2.24, 2.45) is 0 Å². The van der Waals surface area contributed by atoms with Crippen LogP contribution in [-0.2, 0) is 0 Å². The first kappa shape index (κ1) is 14.8. The van der Waals surface area contributed by atoms with Gasteiger partial charge in [-0.05, 0) is 32.5 Å². The van der Waals surface area contributed by atoms with Crippen LogP contribution >= 0.6 is 11.6 Å². The number of nitrogens with zero attached hydrogens (tertiary/aromatic N) is 3. The summed E-state index contributed by atoms with van der Waals surface area (Å²) in [6.07, 6.45) is 0. The van der Waals surface area contributed by atoms with Crippen molar-refractivity contribution in [2.75, 3.05) is 19.0 Å². The van der Waals surface area contributed by atoms with E-state index in [4.69, 9.17) is 16.0 Å². The molecule has 108 valence electrons. The van der Waals surface area contributed by atoms with Gasteiger partial charge < -0.3 is 14.6 Å². The molecule has 0 amide bonds. The summed E-state index contributed by atoms with van der Waals surface area (Å²) >= 11 is 6.23. The number of aromatic nitrogens is 2. The third-order valence-corrected chi connectivity index (χ3v) is 3.82. The minimum atomic E-state index is 0.0280. The second-order valence-electron chi connectivity index (χ2n) is 4.74. The van der Waals surface area contributed by atoms with Crippen molar-refractivity contribution >= 4 is 17.6 Å². The molecule has 1 heterocycles. The second kappa shape index (κ2) is 6.24. The van der Waals surface area contributed by atoms with Gasteiger partial charge in [0.2, 0.25) is 5.89 Å². The molecule has 0 bridgehead atoms. The van der Waals surface area contributed by atoms with E-state index < -0.39 is 0 Å². The third-order valence-electron chi connectivity index (χ3n) is 3.47. The van der Waals surface area contributed by atoms with Crippen LogP contribution in [0.25, 0.3) is 0 Å². The van der Waals surface area contributed by atoms with Gasteiger partial charge in [0.25, 0.3) is 0 Å². The van der Waals surface area contributed by atoms with E-state index in [1.807, 2.05) is 57.1 Å². The van der Waals surface area contributed by atoms with Gasteiger partial charge in [-0.25, -0.2) is 0 Å². The first-order chi connectivity index (χ1) is 9.54. The number of nitrogens with one attached hydrogen (secondary N) is 1. The van der Waals surface area contributed by atoms with Crippen molar-refractivity contribution in [2.45, 2.75) is 25.9 Å². The molecule has 0 saturated heterocycles. The Morgan fingerprint density at radius 1 is 1.25 bits per heavy atom. The van der Waals surface area contributed by atoms with Crippen LogP contribution in [-0.4, -0.2) is 24.3 Å². The highest BCUT2D eigenvalue weighted by Gasteiger charge is 2.20. The minimum absolute atomic E-state index is 0.0280. The highest BCUT2D eigenvalue weighted by molar-refractivity contribution is 6.31. The molecule has 20 heavy (non-hydrogen) atoms. The molecule has 2 atom stereocenters. The summed E-state index contributed by atoms with van der Waals surface area (Å²) in [6, 6.07) is 8.31. The quantitative estimate of drug-likeness (QED) is 0.918. The van der Waals surface area contributed by atoms with Crippen LogP contribution in [0.3, 0.4) is 0 Å². The van der Waals surface area contributed by atoms with E-state index in [9.17, 15) is 0 Å². The molecule has 0 radical (unpaired) electrons. The highest BCUT2D eigenvalue weighted by Crippen LogP contribution is 2.29. The zero-order valence-electron chi connectivity index (χ0n) is 12.1. The predicted molar refractivity (Wildman–Crippen MR) is 80.0 cm³/mol. The smallest absolute Gasteiger partial charge is 0.318 e. The summed E-state index contributed by atoms with van der Waals surface area (Å²) in [4.78, 5) is 1.92. The summed E-state index contributed by atoms with van der Waals surface area (Å²) in [6.45, 7) is 4.02. The molecule has 5 nitrogen and oxygen atoms in total. The maximum absolute atomic E-state index is 6.23. The zero-order chi connectivity index (χ0) is 14.7. The van der Waals surface area contributed by atoms with Gasteiger partial charge in [-0.3, -0.25) is 0 Å². The fourth-order valence-corrected chi connectivity index (χ4v) is 2.15. The van der Waals surface area contributed by atoms with Crippen molar-refractivity contribution in [1.29, 1.82) is 0 Å². The van der Waals surface area contributed by atoms with E-state index in [0.29, 0.717) is 11.9 Å². The Bertz CT molecular complexity index is 572. The van der Waals surface area contributed by atoms with Gasteiger partial charge in [0, 0.05) is 12.1 Å². The van der Waals surface area contributed by atoms with Crippen LogP contribution in [0.5, 0.6) is 0 Å². The number of hydrogen-bond donors (Lipinski definition) is 1. The van der Waals surface area contributed by atoms with E-state index in [2.05, 4.69) is 15.5 Å². The molecule has 2 unspecified atom stereocenters. The molecular formula is C14H19ClN4O. The minimum Gasteiger partial charge on any atom is -0.406 e. The van der Waals surface area contributed by atoms with Gasteiger partial charge in [-0.15, -0.1) is 5.10 Å². The Morgan fingerprint density at radius 2 is 1.95 bits per heavy atom. The summed E-state index contributed by atoms with van der Waals surface area (Å²) < 4.78 is 5.68. The van der Waals surface area contributed by atoms with Crippen molar-refractivity contribution in [1.82, 2.24) is 15.5 Å². The monoisotopic (exact) mass is 294 g/mol. The molecule has 1 aromatic heterocycles. The van der Waals surface area contributed by atoms with E-state index in [-0.39, 0.29) is 12.1 Å². The molecule has 2 rings (SSSR count). The van der Waals surface area contributed by atoms with Gasteiger partial charge in [0.05, 0.1) is 12.1 Å². The summed E-state index contributed by atoms with van der Waals surface area (Å²) in [7, 11) is 3.76. The van der Waals surface area contributed by atoms with E-state index in [1.54, 1.807) is 0 Å². The predicted octanol–water partition coefficient (Wildman–Crippen LogP) is 3.20. The van der Waals surface area contributed by atoms with Crippen LogP contribution in [0.1, 0.15) is 37.4 Å². The van der Waals surface area contributed by atoms with Crippen LogP contribution in [0.4, 0.5) is 6.01 Å². The number of halogens is 1. The van der Waals surface area contributed by atoms with Gasteiger partial charge in [0.1, 0.15) is 0 Å². The summed E-state index contributed by atoms with van der Waals surface area (Å²) in [5, 5.41) is 11.9. The lowest BCUT2D eigenvalue weighted by Crippen LogP contribution is -2.22. The Morgan fingerprint density at radius 3 is 2.60 bits per heavy atom. The summed E-state index contributed by atoms with van der Waals surface area (Å²) in [5.74, 6) is 0.570. The Hall–Kier alpha value is -1.59. The highest BCUT2D eigenvalue weighted by atomic mass is 35.5. The molecule has 0 fully saturated rings. The Kier molecular flexibility index (Phi) is 4.62. The maximum atomic E-state index is 6.23. The third kappa shape index (κ3) is 2.94. The lowest BCUT2D eigenvalue weighted by Gasteiger charge is -2.23. The second-order valence-corrected chi connectivity index (χ2v) is 5.15. The zero-order valence-corrected chi connectivity index (χ0v) is 12.8. The van der Waals surface area contributed by atoms with E-state index in [0.717, 1.165) is 10.6 Å². The molecule has 1 N–H and O–H groups in total. The van der Waals surface area contributed by atoms with E-state index in [1.165, 1.54) is 0 Å². The van der Waals surface area contributed by atoms with Crippen molar-refractivity contribution < 1.29 is 4.42 Å². The standard InChI is InChI=1S/C14H19ClN4O/c1-9(16-3)13-17-18-14(20-13)19(4)10(2)11-7-5-6-8-12(11)15/h5-10,16H,1-4H3. The molecular weight excluding hydrogens is 276 g/mol. The number of anilines is 1. The molecule has 0 saturated carbocycles. The van der Waals surface area contributed by atoms with Crippen molar-refractivity contribution in [3.8, 4) is 0 Å². The number of rotatable bonds is 5. The van der Waals surface area contributed by atoms with Gasteiger partial charge >= 0.3 is 6.01 Å². The first-order valence-corrected chi connectivity index (χ1v) is 6.90. The molecule has 6 heteroatoms. The number of benzene rings is 1. The van der Waals surface area contributed by atoms with E-state index >= 15 is 0 Å². The lowest BCUT2D eigenvalue weighted by atomic mass is 10.1. The average molecular weight is 295 g/mol. The molecule has 0 aliphatic heterocycles. The summed E-state index contributed by atoms with van der Waals surface area (Å²) in [5.41, 5.74) is 1.03. The Labute approximate surface area is 123 Å². The lowest BCUT2D eigenvalue weighted by molar-refractivity contribution is 0.427. The number of hydrogen-bond acceptors (Lipinski definition) is 5. The fraction of sp³-hybridized carbons (Fsp3) is 0.429. The molecule has 1 aromatic carbocycles. The van der Waals surface area contributed by atoms with Crippen molar-refractivity contribution in [3.05, 3.63) is 40.7 Å². The normalized spacial score (nSPS) is 14.1. The van der Waals surface area contributed by atoms with Crippen LogP contribution in [0.2, 0.25) is 5.02 Å². The largest absolute Gasteiger partial charge is 0.406 e. The topological polar surface area (TPSA) is 54.2 Å². The van der Waals surface area contributed by atoms with Crippen molar-refractivity contribution in [3.63, 3.8) is 0 Å².